The molecule has 0 atom stereocenters. The molecule has 0 unspecified atom stereocenters. The van der Waals surface area contributed by atoms with E-state index in [1.165, 1.54) is 6.20 Å². The molecule has 0 spiro atoms. The first-order chi connectivity index (χ1) is 6.68. The third kappa shape index (κ3) is 1.24. The largest absolute Gasteiger partial charge is 0.474 e. The van der Waals surface area contributed by atoms with Gasteiger partial charge in [0.2, 0.25) is 0 Å². The number of aromatic carboxylic acids is 1. The predicted octanol–water partition coefficient (Wildman–Crippen LogP) is 0.731. The van der Waals surface area contributed by atoms with E-state index >= 15 is 0 Å². The second-order valence-electron chi connectivity index (χ2n) is 2.51. The molecule has 14 heavy (non-hydrogen) atoms. The van der Waals surface area contributed by atoms with Crippen LogP contribution in [0.5, 0.6) is 0 Å². The van der Waals surface area contributed by atoms with Crippen LogP contribution >= 0.6 is 0 Å². The van der Waals surface area contributed by atoms with E-state index < -0.39 is 11.9 Å². The molecule has 7 nitrogen and oxygen atoms in total. The molecule has 7 heteroatoms. The van der Waals surface area contributed by atoms with Crippen LogP contribution in [0.3, 0.4) is 0 Å². The monoisotopic (exact) mass is 195 g/mol. The zero-order valence-corrected chi connectivity index (χ0v) is 7.09. The lowest BCUT2D eigenvalue weighted by atomic mass is 10.3. The Morgan fingerprint density at radius 1 is 1.50 bits per heavy atom. The van der Waals surface area contributed by atoms with Crippen LogP contribution in [-0.2, 0) is 0 Å². The third-order valence-corrected chi connectivity index (χ3v) is 1.59. The summed E-state index contributed by atoms with van der Waals surface area (Å²) >= 11 is 0. The average molecular weight is 195 g/mol. The van der Waals surface area contributed by atoms with Crippen LogP contribution in [0, 0.1) is 6.92 Å². The Hall–Kier alpha value is -2.18. The van der Waals surface area contributed by atoms with Crippen molar-refractivity contribution in [2.24, 2.45) is 0 Å². The van der Waals surface area contributed by atoms with Gasteiger partial charge >= 0.3 is 11.9 Å². The minimum Gasteiger partial charge on any atom is -0.474 e. The molecule has 0 aromatic carbocycles. The average Bonchev–Trinajstić information content (AvgIpc) is 2.71. The number of hydrogen-bond acceptors (Lipinski definition) is 6. The number of rotatable bonds is 2. The summed E-state index contributed by atoms with van der Waals surface area (Å²) in [5.74, 6) is -1.15. The van der Waals surface area contributed by atoms with Gasteiger partial charge in [-0.2, -0.15) is 0 Å². The van der Waals surface area contributed by atoms with Crippen LogP contribution in [-0.4, -0.2) is 26.4 Å². The first kappa shape index (κ1) is 8.42. The van der Waals surface area contributed by atoms with Crippen molar-refractivity contribution in [3.05, 3.63) is 17.8 Å². The number of carboxylic acids is 1. The molecule has 0 saturated heterocycles. The van der Waals surface area contributed by atoms with Gasteiger partial charge in [0.1, 0.15) is 11.3 Å². The maximum atomic E-state index is 10.4. The Morgan fingerprint density at radius 2 is 2.29 bits per heavy atom. The summed E-state index contributed by atoms with van der Waals surface area (Å²) in [6.45, 7) is 1.66. The van der Waals surface area contributed by atoms with E-state index in [1.54, 1.807) is 6.92 Å². The standard InChI is InChI=1S/C7H5N3O4/c1-3-4(2-8-14-3)5-9-10-6(13-5)7(11)12/h2H,1H3,(H,11,12). The van der Waals surface area contributed by atoms with Crippen LogP contribution in [0.2, 0.25) is 0 Å². The van der Waals surface area contributed by atoms with Crippen molar-refractivity contribution in [3.8, 4) is 11.5 Å². The number of carboxylic acid groups (broad SMARTS) is 1. The molecule has 0 bridgehead atoms. The molecule has 72 valence electrons. The van der Waals surface area contributed by atoms with Gasteiger partial charge in [0.05, 0.1) is 6.20 Å². The maximum absolute atomic E-state index is 10.4. The highest BCUT2D eigenvalue weighted by atomic mass is 16.5. The topological polar surface area (TPSA) is 102 Å². The lowest BCUT2D eigenvalue weighted by Gasteiger charge is -1.86. The summed E-state index contributed by atoms with van der Waals surface area (Å²) in [6.07, 6.45) is 1.38. The number of aryl methyl sites for hydroxylation is 1. The van der Waals surface area contributed by atoms with E-state index in [0.717, 1.165) is 0 Å². The third-order valence-electron chi connectivity index (χ3n) is 1.59. The molecular weight excluding hydrogens is 190 g/mol. The lowest BCUT2D eigenvalue weighted by Crippen LogP contribution is -1.95. The van der Waals surface area contributed by atoms with E-state index in [4.69, 9.17) is 14.0 Å². The number of carbonyl (C=O) groups is 1. The Balaban J connectivity index is 2.43. The zero-order valence-electron chi connectivity index (χ0n) is 7.09. The Labute approximate surface area is 77.3 Å². The quantitative estimate of drug-likeness (QED) is 0.753. The van der Waals surface area contributed by atoms with E-state index in [-0.39, 0.29) is 5.89 Å². The van der Waals surface area contributed by atoms with Crippen molar-refractivity contribution >= 4 is 5.97 Å². The molecule has 0 radical (unpaired) electrons. The molecule has 0 aliphatic rings. The molecule has 2 aromatic rings. The smallest absolute Gasteiger partial charge is 0.393 e. The van der Waals surface area contributed by atoms with Crippen molar-refractivity contribution in [1.29, 1.82) is 0 Å². The summed E-state index contributed by atoms with van der Waals surface area (Å²) in [5.41, 5.74) is 0.491. The van der Waals surface area contributed by atoms with Crippen molar-refractivity contribution < 1.29 is 18.8 Å². The van der Waals surface area contributed by atoms with Crippen molar-refractivity contribution in [1.82, 2.24) is 15.4 Å². The Morgan fingerprint density at radius 3 is 2.79 bits per heavy atom. The highest BCUT2D eigenvalue weighted by Crippen LogP contribution is 2.20. The maximum Gasteiger partial charge on any atom is 0.393 e. The second-order valence-corrected chi connectivity index (χ2v) is 2.51. The van der Waals surface area contributed by atoms with E-state index in [2.05, 4.69) is 15.4 Å². The SMILES string of the molecule is Cc1oncc1-c1nnc(C(=O)O)o1. The number of nitrogens with zero attached hydrogens (tertiary/aromatic N) is 3. The molecular formula is C7H5N3O4. The van der Waals surface area contributed by atoms with E-state index in [1.807, 2.05) is 0 Å². The summed E-state index contributed by atoms with van der Waals surface area (Å²) in [5, 5.41) is 18.9. The van der Waals surface area contributed by atoms with Gasteiger partial charge in [0.25, 0.3) is 5.89 Å². The summed E-state index contributed by atoms with van der Waals surface area (Å²) in [6, 6.07) is 0. The minimum atomic E-state index is -1.27. The van der Waals surface area contributed by atoms with Gasteiger partial charge < -0.3 is 14.0 Å². The van der Waals surface area contributed by atoms with E-state index in [9.17, 15) is 4.79 Å². The first-order valence-electron chi connectivity index (χ1n) is 3.67. The molecule has 2 aromatic heterocycles. The van der Waals surface area contributed by atoms with Gasteiger partial charge in [-0.3, -0.25) is 0 Å². The van der Waals surface area contributed by atoms with Gasteiger partial charge in [-0.05, 0) is 6.92 Å². The molecule has 1 N–H and O–H groups in total. The molecule has 0 fully saturated rings. The van der Waals surface area contributed by atoms with Crippen LogP contribution in [0.1, 0.15) is 16.4 Å². The fourth-order valence-corrected chi connectivity index (χ4v) is 0.922. The molecule has 2 heterocycles. The van der Waals surface area contributed by atoms with Crippen molar-refractivity contribution in [2.75, 3.05) is 0 Å². The highest BCUT2D eigenvalue weighted by Gasteiger charge is 2.17. The van der Waals surface area contributed by atoms with Crippen LogP contribution in [0.15, 0.2) is 15.1 Å². The zero-order chi connectivity index (χ0) is 10.1. The summed E-state index contributed by atoms with van der Waals surface area (Å²) in [7, 11) is 0. The van der Waals surface area contributed by atoms with Gasteiger partial charge in [-0.25, -0.2) is 4.79 Å². The summed E-state index contributed by atoms with van der Waals surface area (Å²) < 4.78 is 9.61. The number of aromatic nitrogens is 3. The van der Waals surface area contributed by atoms with Gasteiger partial charge in [-0.15, -0.1) is 10.2 Å². The fourth-order valence-electron chi connectivity index (χ4n) is 0.922. The Bertz CT molecular complexity index is 473. The lowest BCUT2D eigenvalue weighted by molar-refractivity contribution is 0.0654. The molecule has 0 saturated carbocycles. The van der Waals surface area contributed by atoms with Gasteiger partial charge in [0, 0.05) is 0 Å². The predicted molar refractivity (Wildman–Crippen MR) is 41.5 cm³/mol. The highest BCUT2D eigenvalue weighted by molar-refractivity contribution is 5.82. The molecule has 0 aliphatic heterocycles. The van der Waals surface area contributed by atoms with Crippen molar-refractivity contribution in [2.45, 2.75) is 6.92 Å². The second kappa shape index (κ2) is 2.95. The summed E-state index contributed by atoms with van der Waals surface area (Å²) in [4.78, 5) is 10.4. The Kier molecular flexibility index (Phi) is 1.77. The first-order valence-corrected chi connectivity index (χ1v) is 3.67. The molecule has 0 aliphatic carbocycles. The van der Waals surface area contributed by atoms with Crippen molar-refractivity contribution in [3.63, 3.8) is 0 Å². The number of hydrogen-bond donors (Lipinski definition) is 1. The molecule has 2 rings (SSSR count). The van der Waals surface area contributed by atoms with E-state index in [0.29, 0.717) is 11.3 Å². The minimum absolute atomic E-state index is 0.0844. The molecule has 0 amide bonds. The van der Waals surface area contributed by atoms with Crippen LogP contribution < -0.4 is 0 Å². The van der Waals surface area contributed by atoms with Gasteiger partial charge in [-0.1, -0.05) is 5.16 Å². The normalized spacial score (nSPS) is 10.4. The fraction of sp³-hybridized carbons (Fsp3) is 0.143. The van der Waals surface area contributed by atoms with Crippen LogP contribution in [0.4, 0.5) is 0 Å². The van der Waals surface area contributed by atoms with Crippen LogP contribution in [0.25, 0.3) is 11.5 Å². The van der Waals surface area contributed by atoms with Gasteiger partial charge in [0.15, 0.2) is 0 Å².